The number of nitrogens with one attached hydrogen (secondary N) is 1. The molecule has 0 spiro atoms. The molecule has 0 amide bonds. The van der Waals surface area contributed by atoms with Gasteiger partial charge in [0.25, 0.3) is 0 Å². The van der Waals surface area contributed by atoms with E-state index in [0.29, 0.717) is 9.80 Å². The molecular weight excluding hydrogens is 405 g/mol. The summed E-state index contributed by atoms with van der Waals surface area (Å²) < 4.78 is 26.6. The van der Waals surface area contributed by atoms with Crippen molar-refractivity contribution in [3.05, 3.63) is 26.7 Å². The van der Waals surface area contributed by atoms with E-state index in [-0.39, 0.29) is 21.5 Å². The zero-order valence-corrected chi connectivity index (χ0v) is 13.3. The fourth-order valence-corrected chi connectivity index (χ4v) is 4.46. The first-order valence-corrected chi connectivity index (χ1v) is 8.24. The van der Waals surface area contributed by atoms with Gasteiger partial charge in [0.15, 0.2) is 0 Å². The highest BCUT2D eigenvalue weighted by molar-refractivity contribution is 9.10. The minimum Gasteiger partial charge on any atom is -0.210 e. The Balaban J connectivity index is 3.23. The highest BCUT2D eigenvalue weighted by Gasteiger charge is 2.21. The lowest BCUT2D eigenvalue weighted by molar-refractivity contribution is 0.584. The molecule has 1 aromatic carbocycles. The number of hydrogen-bond acceptors (Lipinski definition) is 2. The molecule has 8 heteroatoms. The van der Waals surface area contributed by atoms with E-state index in [1.165, 1.54) is 12.1 Å². The Morgan fingerprint density at radius 1 is 1.25 bits per heavy atom. The highest BCUT2D eigenvalue weighted by Crippen LogP contribution is 2.32. The van der Waals surface area contributed by atoms with Crippen molar-refractivity contribution in [3.63, 3.8) is 0 Å². The maximum Gasteiger partial charge on any atom is 0.243 e. The molecule has 1 aromatic rings. The van der Waals surface area contributed by atoms with Crippen LogP contribution in [-0.4, -0.2) is 20.3 Å². The van der Waals surface area contributed by atoms with E-state index in [4.69, 9.17) is 23.2 Å². The van der Waals surface area contributed by atoms with E-state index in [0.717, 1.165) is 0 Å². The second-order valence-electron chi connectivity index (χ2n) is 2.79. The number of halogens is 4. The SMILES string of the molecule is O=S(=O)(NCCBr)c1c(Cl)cc(Br)cc1Cl. The van der Waals surface area contributed by atoms with Crippen LogP contribution in [0.4, 0.5) is 0 Å². The van der Waals surface area contributed by atoms with Gasteiger partial charge in [-0.1, -0.05) is 55.1 Å². The first-order valence-electron chi connectivity index (χ1n) is 4.08. The smallest absolute Gasteiger partial charge is 0.210 e. The van der Waals surface area contributed by atoms with Gasteiger partial charge in [0.1, 0.15) is 4.90 Å². The molecule has 1 rings (SSSR count). The third-order valence-electron chi connectivity index (χ3n) is 1.62. The summed E-state index contributed by atoms with van der Waals surface area (Å²) in [6.07, 6.45) is 0. The second-order valence-corrected chi connectivity index (χ2v) is 7.01. The molecule has 0 bridgehead atoms. The van der Waals surface area contributed by atoms with Crippen LogP contribution in [-0.2, 0) is 10.0 Å². The predicted octanol–water partition coefficient (Wildman–Crippen LogP) is 3.43. The van der Waals surface area contributed by atoms with Gasteiger partial charge in [-0.25, -0.2) is 13.1 Å². The Bertz CT molecular complexity index is 470. The van der Waals surface area contributed by atoms with E-state index < -0.39 is 10.0 Å². The van der Waals surface area contributed by atoms with Crippen LogP contribution < -0.4 is 4.72 Å². The molecule has 0 fully saturated rings. The summed E-state index contributed by atoms with van der Waals surface area (Å²) in [4.78, 5) is -0.0972. The van der Waals surface area contributed by atoms with Crippen LogP contribution in [0.3, 0.4) is 0 Å². The van der Waals surface area contributed by atoms with Crippen molar-refractivity contribution in [2.24, 2.45) is 0 Å². The normalized spacial score (nSPS) is 11.8. The van der Waals surface area contributed by atoms with Gasteiger partial charge < -0.3 is 0 Å². The van der Waals surface area contributed by atoms with E-state index in [2.05, 4.69) is 36.6 Å². The summed E-state index contributed by atoms with van der Waals surface area (Å²) in [5, 5.41) is 0.681. The Morgan fingerprint density at radius 3 is 2.19 bits per heavy atom. The molecule has 3 nitrogen and oxygen atoms in total. The first-order chi connectivity index (χ1) is 7.38. The molecule has 0 radical (unpaired) electrons. The minimum atomic E-state index is -3.67. The van der Waals surface area contributed by atoms with Gasteiger partial charge in [0.05, 0.1) is 10.0 Å². The standard InChI is InChI=1S/C8H7Br2Cl2NO2S/c9-1-2-13-16(14,15)8-6(11)3-5(10)4-7(8)12/h3-4,13H,1-2H2. The Hall–Kier alpha value is 0.670. The Labute approximate surface area is 121 Å². The van der Waals surface area contributed by atoms with E-state index in [1.54, 1.807) is 0 Å². The molecule has 0 aliphatic carbocycles. The van der Waals surface area contributed by atoms with Gasteiger partial charge in [0.2, 0.25) is 10.0 Å². The molecule has 16 heavy (non-hydrogen) atoms. The van der Waals surface area contributed by atoms with Gasteiger partial charge in [-0.3, -0.25) is 0 Å². The molecule has 0 aromatic heterocycles. The third kappa shape index (κ3) is 3.58. The zero-order chi connectivity index (χ0) is 12.3. The van der Waals surface area contributed by atoms with Crippen molar-refractivity contribution >= 4 is 65.1 Å². The number of benzene rings is 1. The molecule has 0 aliphatic rings. The summed E-state index contributed by atoms with van der Waals surface area (Å²) in [7, 11) is -3.67. The minimum absolute atomic E-state index is 0.0847. The first kappa shape index (κ1) is 14.7. The summed E-state index contributed by atoms with van der Waals surface area (Å²) in [6, 6.07) is 2.96. The molecule has 0 aliphatic heterocycles. The molecule has 1 N–H and O–H groups in total. The molecule has 0 heterocycles. The van der Waals surface area contributed by atoms with Crippen LogP contribution in [0.15, 0.2) is 21.5 Å². The third-order valence-corrected chi connectivity index (χ3v) is 4.85. The topological polar surface area (TPSA) is 46.2 Å². The molecule has 0 unspecified atom stereocenters. The van der Waals surface area contributed by atoms with Crippen LogP contribution in [0, 0.1) is 0 Å². The van der Waals surface area contributed by atoms with Crippen molar-refractivity contribution < 1.29 is 8.42 Å². The van der Waals surface area contributed by atoms with E-state index in [9.17, 15) is 8.42 Å². The lowest BCUT2D eigenvalue weighted by Gasteiger charge is -2.09. The van der Waals surface area contributed by atoms with Crippen LogP contribution in [0.25, 0.3) is 0 Å². The average molecular weight is 412 g/mol. The van der Waals surface area contributed by atoms with E-state index in [1.807, 2.05) is 0 Å². The van der Waals surface area contributed by atoms with Crippen molar-refractivity contribution in [1.29, 1.82) is 0 Å². The largest absolute Gasteiger partial charge is 0.243 e. The van der Waals surface area contributed by atoms with Gasteiger partial charge in [-0.15, -0.1) is 0 Å². The molecule has 90 valence electrons. The molecule has 0 saturated carbocycles. The summed E-state index contributed by atoms with van der Waals surface area (Å²) in [5.74, 6) is 0. The van der Waals surface area contributed by atoms with Gasteiger partial charge in [0, 0.05) is 16.3 Å². The molecular formula is C8H7Br2Cl2NO2S. The average Bonchev–Trinajstić information content (AvgIpc) is 2.12. The van der Waals surface area contributed by atoms with Gasteiger partial charge in [-0.05, 0) is 12.1 Å². The summed E-state index contributed by atoms with van der Waals surface area (Å²) in [5.41, 5.74) is 0. The fourth-order valence-electron chi connectivity index (χ4n) is 1.03. The fraction of sp³-hybridized carbons (Fsp3) is 0.250. The highest BCUT2D eigenvalue weighted by atomic mass is 79.9. The zero-order valence-electron chi connectivity index (χ0n) is 7.81. The van der Waals surface area contributed by atoms with Gasteiger partial charge in [-0.2, -0.15) is 0 Å². The lowest BCUT2D eigenvalue weighted by Crippen LogP contribution is -2.26. The maximum absolute atomic E-state index is 11.8. The van der Waals surface area contributed by atoms with Crippen LogP contribution in [0.5, 0.6) is 0 Å². The second kappa shape index (κ2) is 6.02. The lowest BCUT2D eigenvalue weighted by atomic mass is 10.4. The van der Waals surface area contributed by atoms with Crippen molar-refractivity contribution in [2.45, 2.75) is 4.90 Å². The summed E-state index contributed by atoms with van der Waals surface area (Å²) in [6.45, 7) is 0.269. The van der Waals surface area contributed by atoms with Crippen LogP contribution >= 0.6 is 55.1 Å². The van der Waals surface area contributed by atoms with Crippen molar-refractivity contribution in [2.75, 3.05) is 11.9 Å². The molecule has 0 saturated heterocycles. The number of rotatable bonds is 4. The van der Waals surface area contributed by atoms with Gasteiger partial charge >= 0.3 is 0 Å². The Morgan fingerprint density at radius 2 is 1.75 bits per heavy atom. The summed E-state index contributed by atoms with van der Waals surface area (Å²) >= 11 is 18.0. The maximum atomic E-state index is 11.8. The predicted molar refractivity (Wildman–Crippen MR) is 73.1 cm³/mol. The Kier molecular flexibility index (Phi) is 5.54. The van der Waals surface area contributed by atoms with Crippen molar-refractivity contribution in [1.82, 2.24) is 4.72 Å². The van der Waals surface area contributed by atoms with Crippen LogP contribution in [0.2, 0.25) is 10.0 Å². The molecule has 0 atom stereocenters. The monoisotopic (exact) mass is 409 g/mol. The number of alkyl halides is 1. The van der Waals surface area contributed by atoms with Crippen molar-refractivity contribution in [3.8, 4) is 0 Å². The van der Waals surface area contributed by atoms with E-state index >= 15 is 0 Å². The quantitative estimate of drug-likeness (QED) is 0.771. The van der Waals surface area contributed by atoms with Crippen LogP contribution in [0.1, 0.15) is 0 Å². The number of hydrogen-bond donors (Lipinski definition) is 1. The number of sulfonamides is 1.